The van der Waals surface area contributed by atoms with E-state index in [2.05, 4.69) is 47.2 Å². The standard InChI is InChI=1S/C16H13ClN2/c1-2-14-15(18-10-19-16(14)17)13-8-7-11-5-3-4-6-12(11)9-13/h3-10H,2H2,1H3. The monoisotopic (exact) mass is 268 g/mol. The molecule has 0 amide bonds. The summed E-state index contributed by atoms with van der Waals surface area (Å²) in [5, 5.41) is 2.97. The number of rotatable bonds is 2. The van der Waals surface area contributed by atoms with Gasteiger partial charge in [-0.2, -0.15) is 0 Å². The Balaban J connectivity index is 2.22. The molecule has 3 heteroatoms. The second-order valence-electron chi connectivity index (χ2n) is 4.41. The summed E-state index contributed by atoms with van der Waals surface area (Å²) in [5.41, 5.74) is 3.01. The summed E-state index contributed by atoms with van der Waals surface area (Å²) >= 11 is 6.15. The molecule has 0 fully saturated rings. The Kier molecular flexibility index (Phi) is 3.18. The highest BCUT2D eigenvalue weighted by Gasteiger charge is 2.10. The number of halogens is 1. The van der Waals surface area contributed by atoms with E-state index in [1.165, 1.54) is 17.1 Å². The second kappa shape index (κ2) is 4.98. The Morgan fingerprint density at radius 1 is 1.00 bits per heavy atom. The van der Waals surface area contributed by atoms with Gasteiger partial charge in [0.15, 0.2) is 0 Å². The van der Waals surface area contributed by atoms with Crippen molar-refractivity contribution in [2.45, 2.75) is 13.3 Å². The van der Waals surface area contributed by atoms with Gasteiger partial charge in [-0.05, 0) is 23.3 Å². The Labute approximate surface area is 117 Å². The third-order valence-electron chi connectivity index (χ3n) is 3.27. The van der Waals surface area contributed by atoms with E-state index in [0.29, 0.717) is 5.15 Å². The first-order valence-electron chi connectivity index (χ1n) is 6.28. The molecule has 3 aromatic rings. The van der Waals surface area contributed by atoms with E-state index in [4.69, 9.17) is 11.6 Å². The molecule has 0 aliphatic heterocycles. The summed E-state index contributed by atoms with van der Waals surface area (Å²) < 4.78 is 0. The summed E-state index contributed by atoms with van der Waals surface area (Å²) in [6.07, 6.45) is 2.34. The maximum atomic E-state index is 6.15. The van der Waals surface area contributed by atoms with Crippen molar-refractivity contribution in [3.05, 3.63) is 59.5 Å². The van der Waals surface area contributed by atoms with Gasteiger partial charge in [0.05, 0.1) is 5.69 Å². The molecule has 0 saturated carbocycles. The minimum Gasteiger partial charge on any atom is -0.236 e. The summed E-state index contributed by atoms with van der Waals surface area (Å²) in [6.45, 7) is 2.06. The van der Waals surface area contributed by atoms with Crippen LogP contribution in [0.4, 0.5) is 0 Å². The lowest BCUT2D eigenvalue weighted by Gasteiger charge is -2.09. The van der Waals surface area contributed by atoms with Gasteiger partial charge in [-0.3, -0.25) is 0 Å². The summed E-state index contributed by atoms with van der Waals surface area (Å²) in [7, 11) is 0. The Morgan fingerprint density at radius 3 is 2.58 bits per heavy atom. The van der Waals surface area contributed by atoms with Crippen LogP contribution in [-0.4, -0.2) is 9.97 Å². The number of nitrogens with zero attached hydrogens (tertiary/aromatic N) is 2. The zero-order valence-corrected chi connectivity index (χ0v) is 11.4. The lowest BCUT2D eigenvalue weighted by atomic mass is 10.0. The first kappa shape index (κ1) is 12.1. The molecule has 0 atom stereocenters. The Morgan fingerprint density at radius 2 is 1.79 bits per heavy atom. The molecule has 0 bridgehead atoms. The fraction of sp³-hybridized carbons (Fsp3) is 0.125. The van der Waals surface area contributed by atoms with Crippen molar-refractivity contribution in [2.75, 3.05) is 0 Å². The number of aromatic nitrogens is 2. The molecule has 19 heavy (non-hydrogen) atoms. The van der Waals surface area contributed by atoms with Crippen LogP contribution in [0.3, 0.4) is 0 Å². The van der Waals surface area contributed by atoms with Crippen LogP contribution in [0.5, 0.6) is 0 Å². The smallest absolute Gasteiger partial charge is 0.136 e. The summed E-state index contributed by atoms with van der Waals surface area (Å²) in [5.74, 6) is 0. The van der Waals surface area contributed by atoms with Gasteiger partial charge < -0.3 is 0 Å². The molecule has 0 radical (unpaired) electrons. The van der Waals surface area contributed by atoms with E-state index in [9.17, 15) is 0 Å². The molecule has 0 aliphatic rings. The van der Waals surface area contributed by atoms with Crippen LogP contribution in [0.2, 0.25) is 5.15 Å². The van der Waals surface area contributed by atoms with Crippen molar-refractivity contribution in [2.24, 2.45) is 0 Å². The van der Waals surface area contributed by atoms with Crippen molar-refractivity contribution < 1.29 is 0 Å². The zero-order valence-electron chi connectivity index (χ0n) is 10.6. The molecule has 0 N–H and O–H groups in total. The third kappa shape index (κ3) is 2.20. The third-order valence-corrected chi connectivity index (χ3v) is 3.59. The van der Waals surface area contributed by atoms with Gasteiger partial charge in [0.1, 0.15) is 11.5 Å². The molecule has 0 aliphatic carbocycles. The largest absolute Gasteiger partial charge is 0.236 e. The summed E-state index contributed by atoms with van der Waals surface area (Å²) in [4.78, 5) is 8.44. The fourth-order valence-electron chi connectivity index (χ4n) is 2.29. The van der Waals surface area contributed by atoms with Gasteiger partial charge in [0, 0.05) is 11.1 Å². The van der Waals surface area contributed by atoms with E-state index >= 15 is 0 Å². The lowest BCUT2D eigenvalue weighted by Crippen LogP contribution is -1.95. The number of benzene rings is 2. The maximum absolute atomic E-state index is 6.15. The van der Waals surface area contributed by atoms with E-state index in [1.807, 2.05) is 12.1 Å². The topological polar surface area (TPSA) is 25.8 Å². The van der Waals surface area contributed by atoms with Crippen LogP contribution >= 0.6 is 11.6 Å². The van der Waals surface area contributed by atoms with E-state index in [-0.39, 0.29) is 0 Å². The Bertz CT molecular complexity index is 738. The quantitative estimate of drug-likeness (QED) is 0.639. The van der Waals surface area contributed by atoms with E-state index < -0.39 is 0 Å². The van der Waals surface area contributed by atoms with Crippen LogP contribution in [-0.2, 0) is 6.42 Å². The normalized spacial score (nSPS) is 10.8. The number of fused-ring (bicyclic) bond motifs is 1. The van der Waals surface area contributed by atoms with Gasteiger partial charge in [0.2, 0.25) is 0 Å². The SMILES string of the molecule is CCc1c(Cl)ncnc1-c1ccc2ccccc2c1. The molecule has 3 rings (SSSR count). The number of hydrogen-bond acceptors (Lipinski definition) is 2. The molecule has 2 aromatic carbocycles. The molecule has 0 spiro atoms. The highest BCUT2D eigenvalue weighted by molar-refractivity contribution is 6.30. The van der Waals surface area contributed by atoms with Crippen LogP contribution in [0, 0.1) is 0 Å². The molecule has 1 aromatic heterocycles. The first-order valence-corrected chi connectivity index (χ1v) is 6.66. The average molecular weight is 269 g/mol. The molecule has 1 heterocycles. The summed E-state index contributed by atoms with van der Waals surface area (Å²) in [6, 6.07) is 14.6. The number of hydrogen-bond donors (Lipinski definition) is 0. The van der Waals surface area contributed by atoms with Gasteiger partial charge >= 0.3 is 0 Å². The first-order chi connectivity index (χ1) is 9.29. The van der Waals surface area contributed by atoms with Crippen LogP contribution < -0.4 is 0 Å². The predicted octanol–water partition coefficient (Wildman–Crippen LogP) is 4.51. The van der Waals surface area contributed by atoms with Crippen molar-refractivity contribution in [1.82, 2.24) is 9.97 Å². The van der Waals surface area contributed by atoms with E-state index in [0.717, 1.165) is 23.2 Å². The van der Waals surface area contributed by atoms with Crippen LogP contribution in [0.25, 0.3) is 22.0 Å². The predicted molar refractivity (Wildman–Crippen MR) is 79.4 cm³/mol. The minimum absolute atomic E-state index is 0.542. The van der Waals surface area contributed by atoms with Crippen LogP contribution in [0.15, 0.2) is 48.8 Å². The lowest BCUT2D eigenvalue weighted by molar-refractivity contribution is 1.05. The maximum Gasteiger partial charge on any atom is 0.136 e. The van der Waals surface area contributed by atoms with Gasteiger partial charge in [-0.25, -0.2) is 9.97 Å². The van der Waals surface area contributed by atoms with Crippen molar-refractivity contribution in [3.8, 4) is 11.3 Å². The highest BCUT2D eigenvalue weighted by atomic mass is 35.5. The van der Waals surface area contributed by atoms with Gasteiger partial charge in [-0.1, -0.05) is 54.9 Å². The minimum atomic E-state index is 0.542. The Hall–Kier alpha value is -1.93. The molecule has 2 nitrogen and oxygen atoms in total. The van der Waals surface area contributed by atoms with Gasteiger partial charge in [-0.15, -0.1) is 0 Å². The van der Waals surface area contributed by atoms with Crippen LogP contribution in [0.1, 0.15) is 12.5 Å². The molecular weight excluding hydrogens is 256 g/mol. The fourth-order valence-corrected chi connectivity index (χ4v) is 2.56. The zero-order chi connectivity index (χ0) is 13.2. The van der Waals surface area contributed by atoms with E-state index in [1.54, 1.807) is 0 Å². The van der Waals surface area contributed by atoms with Gasteiger partial charge in [0.25, 0.3) is 0 Å². The second-order valence-corrected chi connectivity index (χ2v) is 4.77. The highest BCUT2D eigenvalue weighted by Crippen LogP contribution is 2.28. The van der Waals surface area contributed by atoms with Crippen molar-refractivity contribution in [3.63, 3.8) is 0 Å². The molecule has 0 saturated heterocycles. The van der Waals surface area contributed by atoms with Crippen molar-refractivity contribution >= 4 is 22.4 Å². The average Bonchev–Trinajstić information content (AvgIpc) is 2.46. The molecule has 94 valence electrons. The van der Waals surface area contributed by atoms with Crippen molar-refractivity contribution in [1.29, 1.82) is 0 Å². The molecule has 0 unspecified atom stereocenters. The molecular formula is C16H13ClN2.